The van der Waals surface area contributed by atoms with Gasteiger partial charge in [-0.15, -0.1) is 0 Å². The van der Waals surface area contributed by atoms with Crippen LogP contribution in [-0.2, 0) is 11.3 Å². The van der Waals surface area contributed by atoms with Crippen molar-refractivity contribution in [3.63, 3.8) is 0 Å². The van der Waals surface area contributed by atoms with Crippen LogP contribution in [0.3, 0.4) is 0 Å². The highest BCUT2D eigenvalue weighted by Gasteiger charge is 2.19. The third-order valence-corrected chi connectivity index (χ3v) is 3.52. The van der Waals surface area contributed by atoms with E-state index in [0.717, 1.165) is 6.07 Å². The number of methoxy groups -OCH3 is 2. The molecule has 0 fully saturated rings. The minimum atomic E-state index is -0.727. The number of hydrogen-bond acceptors (Lipinski definition) is 9. The molecule has 27 heavy (non-hydrogen) atoms. The van der Waals surface area contributed by atoms with Crippen LogP contribution in [0.4, 0.5) is 11.5 Å². The molecule has 0 spiro atoms. The number of phenolic OH excluding ortho intramolecular Hbond substituents is 1. The maximum absolute atomic E-state index is 11.0. The van der Waals surface area contributed by atoms with Gasteiger partial charge >= 0.3 is 5.69 Å². The molecule has 0 amide bonds. The lowest BCUT2D eigenvalue weighted by atomic mass is 10.1. The molecule has 10 nitrogen and oxygen atoms in total. The molecule has 2 aromatic rings. The Morgan fingerprint density at radius 2 is 2.19 bits per heavy atom. The Hall–Kier alpha value is -3.71. The van der Waals surface area contributed by atoms with Crippen LogP contribution < -0.4 is 10.2 Å². The molecule has 1 aromatic heterocycles. The lowest BCUT2D eigenvalue weighted by molar-refractivity contribution is -0.386. The number of nitro groups is 1. The van der Waals surface area contributed by atoms with Crippen LogP contribution in [0.2, 0.25) is 0 Å². The zero-order chi connectivity index (χ0) is 20.0. The van der Waals surface area contributed by atoms with Crippen molar-refractivity contribution in [1.82, 2.24) is 4.98 Å². The molecule has 0 unspecified atom stereocenters. The molecule has 1 heterocycles. The molecule has 0 aliphatic carbocycles. The molecule has 0 aliphatic heterocycles. The van der Waals surface area contributed by atoms with E-state index in [2.05, 4.69) is 21.6 Å². The van der Waals surface area contributed by atoms with Crippen LogP contribution in [0, 0.1) is 28.4 Å². The van der Waals surface area contributed by atoms with Gasteiger partial charge in [0, 0.05) is 30.0 Å². The van der Waals surface area contributed by atoms with Crippen molar-refractivity contribution in [3.8, 4) is 17.6 Å². The highest BCUT2D eigenvalue weighted by atomic mass is 16.6. The van der Waals surface area contributed by atoms with E-state index in [0.29, 0.717) is 16.8 Å². The second-order valence-electron chi connectivity index (χ2n) is 5.41. The van der Waals surface area contributed by atoms with E-state index in [-0.39, 0.29) is 23.7 Å². The minimum Gasteiger partial charge on any atom is -0.500 e. The van der Waals surface area contributed by atoms with Crippen molar-refractivity contribution in [2.24, 2.45) is 5.10 Å². The van der Waals surface area contributed by atoms with Crippen molar-refractivity contribution in [2.75, 3.05) is 19.6 Å². The molecular weight excluding hydrogens is 354 g/mol. The van der Waals surface area contributed by atoms with Gasteiger partial charge in [-0.3, -0.25) is 15.5 Å². The van der Waals surface area contributed by atoms with E-state index in [1.807, 2.05) is 0 Å². The molecule has 140 valence electrons. The Morgan fingerprint density at radius 3 is 2.78 bits per heavy atom. The Morgan fingerprint density at radius 1 is 1.44 bits per heavy atom. The van der Waals surface area contributed by atoms with E-state index in [1.165, 1.54) is 26.5 Å². The number of benzene rings is 1. The normalized spacial score (nSPS) is 10.6. The fourth-order valence-corrected chi connectivity index (χ4v) is 2.37. The molecule has 0 aliphatic rings. The first-order valence-electron chi connectivity index (χ1n) is 7.65. The first-order valence-corrected chi connectivity index (χ1v) is 7.65. The van der Waals surface area contributed by atoms with Gasteiger partial charge in [-0.2, -0.15) is 10.4 Å². The van der Waals surface area contributed by atoms with E-state index in [4.69, 9.17) is 9.47 Å². The third kappa shape index (κ3) is 4.47. The molecule has 2 N–H and O–H groups in total. The quantitative estimate of drug-likeness (QED) is 0.429. The zero-order valence-corrected chi connectivity index (χ0v) is 14.9. The summed E-state index contributed by atoms with van der Waals surface area (Å²) in [7, 11) is 2.80. The summed E-state index contributed by atoms with van der Waals surface area (Å²) in [6.07, 6.45) is 1.29. The second-order valence-corrected chi connectivity index (χ2v) is 5.41. The number of rotatable bonds is 7. The summed E-state index contributed by atoms with van der Waals surface area (Å²) >= 11 is 0. The lowest BCUT2D eigenvalue weighted by Gasteiger charge is -2.09. The van der Waals surface area contributed by atoms with Crippen LogP contribution in [0.15, 0.2) is 23.3 Å². The Bertz CT molecular complexity index is 936. The standard InChI is InChI=1S/C17H17N5O5/c1-10-4-12(9-26-2)13(7-18)17(20-10)21-19-8-11-5-14(22(24)25)16(23)15(6-11)27-3/h4-6,8,23H,9H2,1-3H3,(H,20,21)/b19-8+. The van der Waals surface area contributed by atoms with Gasteiger partial charge in [-0.05, 0) is 19.1 Å². The lowest BCUT2D eigenvalue weighted by Crippen LogP contribution is -2.03. The maximum Gasteiger partial charge on any atom is 0.315 e. The van der Waals surface area contributed by atoms with Crippen molar-refractivity contribution < 1.29 is 19.5 Å². The van der Waals surface area contributed by atoms with Gasteiger partial charge < -0.3 is 14.6 Å². The summed E-state index contributed by atoms with van der Waals surface area (Å²) in [5, 5.41) is 34.2. The van der Waals surface area contributed by atoms with E-state index < -0.39 is 16.4 Å². The largest absolute Gasteiger partial charge is 0.500 e. The van der Waals surface area contributed by atoms with E-state index in [9.17, 15) is 20.5 Å². The Balaban J connectivity index is 2.35. The number of anilines is 1. The van der Waals surface area contributed by atoms with E-state index in [1.54, 1.807) is 13.0 Å². The number of aromatic hydroxyl groups is 1. The zero-order valence-electron chi connectivity index (χ0n) is 14.9. The van der Waals surface area contributed by atoms with Gasteiger partial charge in [-0.1, -0.05) is 0 Å². The molecule has 0 radical (unpaired) electrons. The van der Waals surface area contributed by atoms with Gasteiger partial charge in [0.05, 0.1) is 24.9 Å². The topological polar surface area (TPSA) is 143 Å². The SMILES string of the molecule is COCc1cc(C)nc(N/N=C/c2cc(OC)c(O)c([N+](=O)[O-])c2)c1C#N. The van der Waals surface area contributed by atoms with Crippen LogP contribution >= 0.6 is 0 Å². The third-order valence-electron chi connectivity index (χ3n) is 3.52. The molecule has 1 aromatic carbocycles. The number of nitrogens with zero attached hydrogens (tertiary/aromatic N) is 4. The monoisotopic (exact) mass is 371 g/mol. The number of nitrogens with one attached hydrogen (secondary N) is 1. The number of nitriles is 1. The Kier molecular flexibility index (Phi) is 6.24. The number of ether oxygens (including phenoxy) is 2. The molecule has 0 atom stereocenters. The summed E-state index contributed by atoms with van der Waals surface area (Å²) in [6, 6.07) is 6.33. The Labute approximate surface area is 154 Å². The number of nitro benzene ring substituents is 1. The fraction of sp³-hybridized carbons (Fsp3) is 0.235. The molecule has 2 rings (SSSR count). The van der Waals surface area contributed by atoms with Crippen LogP contribution in [0.25, 0.3) is 0 Å². The molecular formula is C17H17N5O5. The van der Waals surface area contributed by atoms with Crippen LogP contribution in [0.5, 0.6) is 11.5 Å². The van der Waals surface area contributed by atoms with Crippen molar-refractivity contribution in [3.05, 3.63) is 50.7 Å². The number of phenols is 1. The van der Waals surface area contributed by atoms with Crippen molar-refractivity contribution in [1.29, 1.82) is 5.26 Å². The average Bonchev–Trinajstić information content (AvgIpc) is 2.62. The highest BCUT2D eigenvalue weighted by molar-refractivity contribution is 5.83. The number of aromatic nitrogens is 1. The predicted octanol–water partition coefficient (Wildman–Crippen LogP) is 2.48. The molecule has 0 saturated carbocycles. The van der Waals surface area contributed by atoms with Gasteiger partial charge in [0.1, 0.15) is 11.6 Å². The van der Waals surface area contributed by atoms with Crippen LogP contribution in [0.1, 0.15) is 22.4 Å². The summed E-state index contributed by atoms with van der Waals surface area (Å²) in [5.74, 6) is -0.385. The van der Waals surface area contributed by atoms with E-state index >= 15 is 0 Å². The van der Waals surface area contributed by atoms with Crippen molar-refractivity contribution >= 4 is 17.7 Å². The molecule has 0 saturated heterocycles. The smallest absolute Gasteiger partial charge is 0.315 e. The minimum absolute atomic E-state index is 0.0561. The highest BCUT2D eigenvalue weighted by Crippen LogP contribution is 2.36. The number of hydrazone groups is 1. The second kappa shape index (κ2) is 8.59. The molecule has 0 bridgehead atoms. The fourth-order valence-electron chi connectivity index (χ4n) is 2.37. The van der Waals surface area contributed by atoms with Crippen molar-refractivity contribution in [2.45, 2.75) is 13.5 Å². The van der Waals surface area contributed by atoms with Gasteiger partial charge in [0.25, 0.3) is 0 Å². The summed E-state index contributed by atoms with van der Waals surface area (Å²) in [4.78, 5) is 14.5. The number of pyridine rings is 1. The van der Waals surface area contributed by atoms with Gasteiger partial charge in [0.2, 0.25) is 5.75 Å². The number of hydrogen-bond donors (Lipinski definition) is 2. The van der Waals surface area contributed by atoms with Crippen LogP contribution in [-0.4, -0.2) is 35.4 Å². The van der Waals surface area contributed by atoms with Gasteiger partial charge in [0.15, 0.2) is 11.6 Å². The summed E-state index contributed by atoms with van der Waals surface area (Å²) < 4.78 is 10.0. The predicted molar refractivity (Wildman–Crippen MR) is 96.9 cm³/mol. The summed E-state index contributed by atoms with van der Waals surface area (Å²) in [6.45, 7) is 2.01. The first kappa shape index (κ1) is 19.6. The molecule has 10 heteroatoms. The number of aryl methyl sites for hydroxylation is 1. The first-order chi connectivity index (χ1) is 12.9. The summed E-state index contributed by atoms with van der Waals surface area (Å²) in [5.41, 5.74) is 4.08. The maximum atomic E-state index is 11.0. The van der Waals surface area contributed by atoms with Gasteiger partial charge in [-0.25, -0.2) is 4.98 Å². The average molecular weight is 371 g/mol.